The fourth-order valence-corrected chi connectivity index (χ4v) is 5.69. The van der Waals surface area contributed by atoms with Crippen molar-refractivity contribution in [2.45, 2.75) is 48.3 Å². The number of carbonyl (C=O) groups is 1. The number of aliphatic hydroxyl groups excluding tert-OH is 2. The van der Waals surface area contributed by atoms with Crippen molar-refractivity contribution in [1.82, 2.24) is 0 Å². The number of aliphatic hydroxyl groups is 2. The molecule has 0 bridgehead atoms. The number of thioether (sulfide) groups is 2. The Labute approximate surface area is 179 Å². The Bertz CT molecular complexity index is 758. The van der Waals surface area contributed by atoms with Crippen LogP contribution in [0.25, 0.3) is 0 Å². The normalized spacial score (nSPS) is 26.8. The molecule has 2 N–H and O–H groups in total. The summed E-state index contributed by atoms with van der Waals surface area (Å²) in [5.74, 6) is 1.56. The molecule has 7 heteroatoms. The van der Waals surface area contributed by atoms with Gasteiger partial charge in [-0.2, -0.15) is 11.8 Å². The van der Waals surface area contributed by atoms with E-state index in [0.717, 1.165) is 11.3 Å². The SMILES string of the molecule is CC(=O)O[C@@H]1[C@@H](O)[C@H](SCc2ccccc2)[C@@H](CSCc2ccccc2)O[C@@H]1O. The molecule has 156 valence electrons. The third-order valence-electron chi connectivity index (χ3n) is 4.62. The average Bonchev–Trinajstić information content (AvgIpc) is 2.72. The lowest BCUT2D eigenvalue weighted by atomic mass is 10.0. The summed E-state index contributed by atoms with van der Waals surface area (Å²) in [6, 6.07) is 20.1. The van der Waals surface area contributed by atoms with Crippen LogP contribution >= 0.6 is 23.5 Å². The molecule has 0 aromatic heterocycles. The highest BCUT2D eigenvalue weighted by atomic mass is 32.2. The first-order valence-corrected chi connectivity index (χ1v) is 11.7. The molecule has 2 aromatic rings. The van der Waals surface area contributed by atoms with Gasteiger partial charge in [-0.3, -0.25) is 4.79 Å². The van der Waals surface area contributed by atoms with Gasteiger partial charge in [0.25, 0.3) is 0 Å². The summed E-state index contributed by atoms with van der Waals surface area (Å²) in [4.78, 5) is 11.4. The topological polar surface area (TPSA) is 76.0 Å². The summed E-state index contributed by atoms with van der Waals surface area (Å²) in [6.07, 6.45) is -3.81. The fourth-order valence-electron chi connectivity index (χ4n) is 3.20. The third-order valence-corrected chi connectivity index (χ3v) is 7.18. The lowest BCUT2D eigenvalue weighted by Crippen LogP contribution is -2.58. The summed E-state index contributed by atoms with van der Waals surface area (Å²) in [6.45, 7) is 1.26. The Hall–Kier alpha value is -1.51. The molecule has 0 spiro atoms. The molecule has 0 unspecified atom stereocenters. The van der Waals surface area contributed by atoms with Gasteiger partial charge in [0.1, 0.15) is 6.10 Å². The maximum absolute atomic E-state index is 11.4. The molecule has 1 aliphatic heterocycles. The maximum Gasteiger partial charge on any atom is 0.303 e. The molecule has 29 heavy (non-hydrogen) atoms. The molecule has 1 fully saturated rings. The summed E-state index contributed by atoms with van der Waals surface area (Å²) in [5, 5.41) is 20.8. The van der Waals surface area contributed by atoms with Gasteiger partial charge in [-0.25, -0.2) is 0 Å². The number of ether oxygens (including phenoxy) is 2. The third kappa shape index (κ3) is 6.49. The Kier molecular flexibility index (Phi) is 8.44. The van der Waals surface area contributed by atoms with Gasteiger partial charge in [0.2, 0.25) is 0 Å². The quantitative estimate of drug-likeness (QED) is 0.618. The zero-order chi connectivity index (χ0) is 20.6. The van der Waals surface area contributed by atoms with Crippen LogP contribution in [0.4, 0.5) is 0 Å². The summed E-state index contributed by atoms with van der Waals surface area (Å²) in [5.41, 5.74) is 2.34. The van der Waals surface area contributed by atoms with Crippen LogP contribution in [-0.4, -0.2) is 51.8 Å². The summed E-state index contributed by atoms with van der Waals surface area (Å²) in [7, 11) is 0. The predicted molar refractivity (Wildman–Crippen MR) is 117 cm³/mol. The Balaban J connectivity index is 1.66. The minimum Gasteiger partial charge on any atom is -0.454 e. The average molecular weight is 435 g/mol. The van der Waals surface area contributed by atoms with E-state index < -0.39 is 24.5 Å². The minimum absolute atomic E-state index is 0.328. The molecule has 5 atom stereocenters. The highest BCUT2D eigenvalue weighted by Crippen LogP contribution is 2.34. The van der Waals surface area contributed by atoms with Crippen molar-refractivity contribution in [3.05, 3.63) is 71.8 Å². The van der Waals surface area contributed by atoms with Crippen LogP contribution in [0.15, 0.2) is 60.7 Å². The second-order valence-corrected chi connectivity index (χ2v) is 9.09. The Morgan fingerprint density at radius 3 is 2.17 bits per heavy atom. The first-order valence-electron chi connectivity index (χ1n) is 9.50. The highest BCUT2D eigenvalue weighted by Gasteiger charge is 2.46. The van der Waals surface area contributed by atoms with Gasteiger partial charge in [-0.15, -0.1) is 11.8 Å². The number of esters is 1. The predicted octanol–water partition coefficient (Wildman–Crippen LogP) is 3.23. The largest absolute Gasteiger partial charge is 0.454 e. The van der Waals surface area contributed by atoms with E-state index >= 15 is 0 Å². The summed E-state index contributed by atoms with van der Waals surface area (Å²) >= 11 is 3.24. The van der Waals surface area contributed by atoms with E-state index in [1.807, 2.05) is 48.5 Å². The van der Waals surface area contributed by atoms with Gasteiger partial charge in [-0.1, -0.05) is 60.7 Å². The molecule has 0 aliphatic carbocycles. The molecule has 3 rings (SSSR count). The molecule has 2 aromatic carbocycles. The van der Waals surface area contributed by atoms with Gasteiger partial charge >= 0.3 is 5.97 Å². The molecule has 5 nitrogen and oxygen atoms in total. The fraction of sp³-hybridized carbons (Fsp3) is 0.409. The second-order valence-electron chi connectivity index (χ2n) is 6.89. The van der Waals surface area contributed by atoms with E-state index in [-0.39, 0.29) is 11.4 Å². The van der Waals surface area contributed by atoms with Crippen LogP contribution < -0.4 is 0 Å². The zero-order valence-electron chi connectivity index (χ0n) is 16.2. The van der Waals surface area contributed by atoms with Crippen molar-refractivity contribution < 1.29 is 24.5 Å². The van der Waals surface area contributed by atoms with E-state index in [1.165, 1.54) is 12.5 Å². The number of hydrogen-bond acceptors (Lipinski definition) is 7. The van der Waals surface area contributed by atoms with Gasteiger partial charge in [0.05, 0.1) is 11.4 Å². The lowest BCUT2D eigenvalue weighted by molar-refractivity contribution is -0.247. The molecular formula is C22H26O5S2. The minimum atomic E-state index is -1.34. The molecule has 0 amide bonds. The Morgan fingerprint density at radius 2 is 1.59 bits per heavy atom. The van der Waals surface area contributed by atoms with E-state index in [4.69, 9.17) is 9.47 Å². The Morgan fingerprint density at radius 1 is 1.00 bits per heavy atom. The summed E-state index contributed by atoms with van der Waals surface area (Å²) < 4.78 is 10.9. The van der Waals surface area contributed by atoms with Crippen LogP contribution in [0.2, 0.25) is 0 Å². The van der Waals surface area contributed by atoms with Crippen LogP contribution in [0.3, 0.4) is 0 Å². The highest BCUT2D eigenvalue weighted by molar-refractivity contribution is 7.99. The van der Waals surface area contributed by atoms with Crippen molar-refractivity contribution in [1.29, 1.82) is 0 Å². The molecule has 1 heterocycles. The zero-order valence-corrected chi connectivity index (χ0v) is 17.9. The number of benzene rings is 2. The van der Waals surface area contributed by atoms with E-state index in [2.05, 4.69) is 12.1 Å². The first-order chi connectivity index (χ1) is 14.0. The van der Waals surface area contributed by atoms with E-state index in [1.54, 1.807) is 23.5 Å². The van der Waals surface area contributed by atoms with Crippen molar-refractivity contribution >= 4 is 29.5 Å². The van der Waals surface area contributed by atoms with Gasteiger partial charge in [-0.05, 0) is 11.1 Å². The molecule has 0 saturated carbocycles. The first kappa shape index (κ1) is 22.2. The van der Waals surface area contributed by atoms with Gasteiger partial charge < -0.3 is 19.7 Å². The van der Waals surface area contributed by atoms with Crippen molar-refractivity contribution in [3.8, 4) is 0 Å². The van der Waals surface area contributed by atoms with Gasteiger partial charge in [0.15, 0.2) is 12.4 Å². The lowest BCUT2D eigenvalue weighted by Gasteiger charge is -2.42. The standard InChI is InChI=1S/C22H26O5S2/c1-15(23)26-20-19(24)21(29-13-17-10-6-3-7-11-17)18(27-22(20)25)14-28-12-16-8-4-2-5-9-16/h2-11,18-22,24-25H,12-14H2,1H3/t18-,19-,20-,21-,22+/m1/s1. The number of carbonyl (C=O) groups excluding carboxylic acids is 1. The van der Waals surface area contributed by atoms with E-state index in [0.29, 0.717) is 11.5 Å². The molecule has 1 saturated heterocycles. The van der Waals surface area contributed by atoms with Crippen LogP contribution in [0.1, 0.15) is 18.1 Å². The molecular weight excluding hydrogens is 408 g/mol. The number of rotatable bonds is 8. The van der Waals surface area contributed by atoms with Crippen molar-refractivity contribution in [3.63, 3.8) is 0 Å². The number of hydrogen-bond donors (Lipinski definition) is 2. The van der Waals surface area contributed by atoms with Crippen LogP contribution in [0.5, 0.6) is 0 Å². The van der Waals surface area contributed by atoms with E-state index in [9.17, 15) is 15.0 Å². The second kappa shape index (κ2) is 11.0. The van der Waals surface area contributed by atoms with Crippen molar-refractivity contribution in [2.24, 2.45) is 0 Å². The smallest absolute Gasteiger partial charge is 0.303 e. The van der Waals surface area contributed by atoms with Gasteiger partial charge in [0, 0.05) is 24.2 Å². The van der Waals surface area contributed by atoms with Crippen molar-refractivity contribution in [2.75, 3.05) is 5.75 Å². The monoisotopic (exact) mass is 434 g/mol. The van der Waals surface area contributed by atoms with Crippen LogP contribution in [0, 0.1) is 0 Å². The molecule has 1 aliphatic rings. The maximum atomic E-state index is 11.4. The van der Waals surface area contributed by atoms with Crippen LogP contribution in [-0.2, 0) is 25.8 Å². The molecule has 0 radical (unpaired) electrons.